The van der Waals surface area contributed by atoms with Crippen LogP contribution in [0.15, 0.2) is 91.1 Å². The highest BCUT2D eigenvalue weighted by atomic mass is 32.1. The summed E-state index contributed by atoms with van der Waals surface area (Å²) < 4.78 is 74.6. The van der Waals surface area contributed by atoms with Crippen LogP contribution in [-0.4, -0.2) is 0 Å². The van der Waals surface area contributed by atoms with Crippen LogP contribution < -0.4 is 4.57 Å². The number of rotatable bonds is 4. The smallest absolute Gasteiger partial charge is 0.206 e. The first-order chi connectivity index (χ1) is 21.7. The van der Waals surface area contributed by atoms with Crippen molar-refractivity contribution in [2.45, 2.75) is 26.5 Å². The van der Waals surface area contributed by atoms with Gasteiger partial charge in [0.15, 0.2) is 6.20 Å². The van der Waals surface area contributed by atoms with E-state index in [1.54, 1.807) is 13.1 Å². The van der Waals surface area contributed by atoms with Gasteiger partial charge in [-0.05, 0) is 41.1 Å². The van der Waals surface area contributed by atoms with Crippen LogP contribution in [-0.2, 0) is 7.05 Å². The van der Waals surface area contributed by atoms with Gasteiger partial charge in [-0.1, -0.05) is 86.5 Å². The first-order valence-electron chi connectivity index (χ1n) is 15.9. The molecule has 0 spiro atoms. The predicted octanol–water partition coefficient (Wildman–Crippen LogP) is 9.32. The van der Waals surface area contributed by atoms with Crippen LogP contribution >= 0.6 is 11.3 Å². The Hall–Kier alpha value is -4.33. The highest BCUT2D eigenvalue weighted by Gasteiger charge is 2.24. The summed E-state index contributed by atoms with van der Waals surface area (Å²) in [5.41, 5.74) is 5.51. The molecular weight excluding hydrogens is 499 g/mol. The Bertz CT molecular complexity index is 2170. The van der Waals surface area contributed by atoms with Crippen molar-refractivity contribution in [1.82, 2.24) is 0 Å². The van der Waals surface area contributed by atoms with Crippen molar-refractivity contribution in [3.63, 3.8) is 0 Å². The van der Waals surface area contributed by atoms with E-state index in [1.807, 2.05) is 79.7 Å². The van der Waals surface area contributed by atoms with E-state index < -0.39 is 31.0 Å². The highest BCUT2D eigenvalue weighted by molar-refractivity contribution is 7.27. The van der Waals surface area contributed by atoms with E-state index in [0.717, 1.165) is 60.3 Å². The standard InChI is InChI=1S/C35H28FN2S/c1-21(2)29-20-38(4)31(18-30(29)36)32-22(3)10-16-27-28-17-15-26(19-37)33(35(28)39-34(27)32)25-13-11-24(12-14-25)23-8-6-5-7-9-23/h5-18,20-21H,1-4H3/q+1/i1D3,2D3,21D. The summed E-state index contributed by atoms with van der Waals surface area (Å²) in [5.74, 6) is -4.25. The van der Waals surface area contributed by atoms with E-state index in [9.17, 15) is 5.26 Å². The van der Waals surface area contributed by atoms with Crippen LogP contribution in [0.25, 0.3) is 53.7 Å². The Morgan fingerprint density at radius 1 is 0.872 bits per heavy atom. The maximum atomic E-state index is 15.9. The SMILES string of the molecule is [2H]C([2H])([2H])C([2H])(c1c[n+](C)c(-c2c(C)ccc3c2sc2c(-c4ccc(-c5ccccc5)cc4)c(C#N)ccc23)cc1F)C([2H])([2H])[2H]. The lowest BCUT2D eigenvalue weighted by molar-refractivity contribution is -0.661. The molecule has 0 fully saturated rings. The van der Waals surface area contributed by atoms with Crippen LogP contribution in [0.3, 0.4) is 0 Å². The molecule has 0 aliphatic rings. The van der Waals surface area contributed by atoms with Crippen molar-refractivity contribution in [2.75, 3.05) is 0 Å². The largest absolute Gasteiger partial charge is 0.216 e. The van der Waals surface area contributed by atoms with Gasteiger partial charge in [0, 0.05) is 41.4 Å². The fourth-order valence-electron chi connectivity index (χ4n) is 5.22. The third-order valence-electron chi connectivity index (χ3n) is 7.17. The molecular formula is C35H28FN2S+. The minimum absolute atomic E-state index is 0.392. The van der Waals surface area contributed by atoms with Gasteiger partial charge in [0.1, 0.15) is 12.9 Å². The Balaban J connectivity index is 1.57. The van der Waals surface area contributed by atoms with E-state index in [1.165, 1.54) is 15.9 Å². The molecule has 190 valence electrons. The number of aryl methyl sites for hydroxylation is 2. The third-order valence-corrected chi connectivity index (χ3v) is 8.42. The van der Waals surface area contributed by atoms with Gasteiger partial charge in [-0.15, -0.1) is 11.3 Å². The van der Waals surface area contributed by atoms with Gasteiger partial charge in [-0.25, -0.2) is 8.96 Å². The number of benzene rings is 4. The number of halogens is 1. The Morgan fingerprint density at radius 2 is 1.51 bits per heavy atom. The van der Waals surface area contributed by atoms with Gasteiger partial charge in [0.05, 0.1) is 22.8 Å². The molecule has 0 saturated carbocycles. The Kier molecular flexibility index (Phi) is 4.52. The maximum Gasteiger partial charge on any atom is 0.216 e. The number of aromatic nitrogens is 1. The summed E-state index contributed by atoms with van der Waals surface area (Å²) in [4.78, 5) is 0. The second kappa shape index (κ2) is 9.76. The lowest BCUT2D eigenvalue weighted by atomic mass is 9.94. The molecule has 6 aromatic rings. The molecule has 4 aromatic carbocycles. The molecule has 0 saturated heterocycles. The van der Waals surface area contributed by atoms with E-state index in [0.29, 0.717) is 16.8 Å². The Labute approximate surface area is 242 Å². The lowest BCUT2D eigenvalue weighted by Gasteiger charge is -2.10. The van der Waals surface area contributed by atoms with Crippen LogP contribution in [0.4, 0.5) is 4.39 Å². The molecule has 2 heterocycles. The highest BCUT2D eigenvalue weighted by Crippen LogP contribution is 2.45. The summed E-state index contributed by atoms with van der Waals surface area (Å²) in [5, 5.41) is 11.9. The van der Waals surface area contributed by atoms with Crippen LogP contribution in [0.5, 0.6) is 0 Å². The van der Waals surface area contributed by atoms with Crippen molar-refractivity contribution in [2.24, 2.45) is 7.05 Å². The van der Waals surface area contributed by atoms with E-state index in [-0.39, 0.29) is 0 Å². The molecule has 0 radical (unpaired) electrons. The lowest BCUT2D eigenvalue weighted by Crippen LogP contribution is -2.32. The summed E-state index contributed by atoms with van der Waals surface area (Å²) >= 11 is 1.48. The molecule has 2 nitrogen and oxygen atoms in total. The normalized spacial score (nSPS) is 15.0. The molecule has 0 unspecified atom stereocenters. The first-order valence-corrected chi connectivity index (χ1v) is 13.2. The molecule has 0 aliphatic carbocycles. The minimum atomic E-state index is -3.32. The van der Waals surface area contributed by atoms with Crippen LogP contribution in [0, 0.1) is 24.1 Å². The average Bonchev–Trinajstić information content (AvgIpc) is 3.39. The molecule has 39 heavy (non-hydrogen) atoms. The van der Waals surface area contributed by atoms with Gasteiger partial charge in [-0.3, -0.25) is 0 Å². The Morgan fingerprint density at radius 3 is 2.21 bits per heavy atom. The zero-order valence-electron chi connectivity index (χ0n) is 28.3. The fourth-order valence-corrected chi connectivity index (χ4v) is 6.69. The van der Waals surface area contributed by atoms with Gasteiger partial charge in [0.25, 0.3) is 0 Å². The summed E-state index contributed by atoms with van der Waals surface area (Å²) in [6.07, 6.45) is 1.11. The average molecular weight is 535 g/mol. The summed E-state index contributed by atoms with van der Waals surface area (Å²) in [7, 11) is 1.58. The van der Waals surface area contributed by atoms with E-state index in [2.05, 4.69) is 6.07 Å². The van der Waals surface area contributed by atoms with Crippen LogP contribution in [0.1, 0.15) is 45.9 Å². The van der Waals surface area contributed by atoms with Gasteiger partial charge >= 0.3 is 0 Å². The molecule has 0 N–H and O–H groups in total. The van der Waals surface area contributed by atoms with Gasteiger partial charge in [-0.2, -0.15) is 5.26 Å². The predicted molar refractivity (Wildman–Crippen MR) is 160 cm³/mol. The fraction of sp³-hybridized carbons (Fsp3) is 0.143. The van der Waals surface area contributed by atoms with E-state index >= 15 is 4.39 Å². The van der Waals surface area contributed by atoms with Crippen molar-refractivity contribution in [3.8, 4) is 39.6 Å². The molecule has 0 atom stereocenters. The molecule has 6 rings (SSSR count). The zero-order chi connectivity index (χ0) is 33.2. The van der Waals surface area contributed by atoms with Crippen molar-refractivity contribution in [1.29, 1.82) is 5.26 Å². The molecule has 2 aromatic heterocycles. The molecule has 0 amide bonds. The zero-order valence-corrected chi connectivity index (χ0v) is 22.2. The number of pyridine rings is 1. The third kappa shape index (κ3) is 4.20. The number of hydrogen-bond donors (Lipinski definition) is 0. The number of fused-ring (bicyclic) bond motifs is 3. The second-order valence-corrected chi connectivity index (χ2v) is 10.6. The van der Waals surface area contributed by atoms with Crippen LogP contribution in [0.2, 0.25) is 0 Å². The number of nitrogens with zero attached hydrogens (tertiary/aromatic N) is 2. The second-order valence-electron chi connectivity index (χ2n) is 9.56. The summed E-state index contributed by atoms with van der Waals surface area (Å²) in [6, 6.07) is 29.2. The van der Waals surface area contributed by atoms with Crippen molar-refractivity contribution in [3.05, 3.63) is 114 Å². The van der Waals surface area contributed by atoms with Gasteiger partial charge < -0.3 is 0 Å². The van der Waals surface area contributed by atoms with Crippen molar-refractivity contribution < 1.29 is 18.6 Å². The number of hydrogen-bond acceptors (Lipinski definition) is 2. The van der Waals surface area contributed by atoms with Gasteiger partial charge in [0.2, 0.25) is 5.69 Å². The summed E-state index contributed by atoms with van der Waals surface area (Å²) in [6.45, 7) is -4.75. The van der Waals surface area contributed by atoms with Crippen molar-refractivity contribution >= 4 is 31.5 Å². The number of nitriles is 1. The maximum absolute atomic E-state index is 15.9. The van der Waals surface area contributed by atoms with E-state index in [4.69, 9.17) is 9.60 Å². The topological polar surface area (TPSA) is 27.7 Å². The molecule has 4 heteroatoms. The minimum Gasteiger partial charge on any atom is -0.206 e. The quantitative estimate of drug-likeness (QED) is 0.207. The molecule has 0 aliphatic heterocycles. The monoisotopic (exact) mass is 534 g/mol. The number of thiophene rings is 1. The first kappa shape index (κ1) is 18.0. The molecule has 0 bridgehead atoms.